The summed E-state index contributed by atoms with van der Waals surface area (Å²) in [6.07, 6.45) is 1.73. The van der Waals surface area contributed by atoms with Gasteiger partial charge >= 0.3 is 0 Å². The summed E-state index contributed by atoms with van der Waals surface area (Å²) >= 11 is 0. The number of hydrogen-bond acceptors (Lipinski definition) is 2. The van der Waals surface area contributed by atoms with Crippen molar-refractivity contribution in [2.24, 2.45) is 0 Å². The van der Waals surface area contributed by atoms with E-state index in [1.807, 2.05) is 48.5 Å². The van der Waals surface area contributed by atoms with Gasteiger partial charge in [-0.25, -0.2) is 0 Å². The first-order chi connectivity index (χ1) is 16.6. The third-order valence-corrected chi connectivity index (χ3v) is 6.71. The fourth-order valence-corrected chi connectivity index (χ4v) is 5.05. The second-order valence-electron chi connectivity index (χ2n) is 9.00. The topological polar surface area (TPSA) is 29.5 Å². The highest BCUT2D eigenvalue weighted by atomic mass is 16.5. The maximum absolute atomic E-state index is 14.4. The SMILES string of the molecule is COc1cccc(-c2ccccc2)c1C(=O)N(Cc1cccc(C)c1)C1Cc2ccccc2C1. The lowest BCUT2D eigenvalue weighted by Gasteiger charge is -2.31. The average molecular weight is 448 g/mol. The van der Waals surface area contributed by atoms with Crippen LogP contribution in [0.2, 0.25) is 0 Å². The molecule has 0 N–H and O–H groups in total. The molecule has 4 aromatic rings. The summed E-state index contributed by atoms with van der Waals surface area (Å²) in [5, 5.41) is 0. The molecule has 0 unspecified atom stereocenters. The molecule has 0 bridgehead atoms. The van der Waals surface area contributed by atoms with E-state index in [4.69, 9.17) is 4.74 Å². The van der Waals surface area contributed by atoms with E-state index < -0.39 is 0 Å². The largest absolute Gasteiger partial charge is 0.496 e. The third-order valence-electron chi connectivity index (χ3n) is 6.71. The standard InChI is InChI=1S/C31H29NO2/c1-22-10-8-11-23(18-22)21-32(27-19-25-14-6-7-15-26(25)20-27)31(33)30-28(16-9-17-29(30)34-2)24-12-4-3-5-13-24/h3-18,27H,19-21H2,1-2H3. The van der Waals surface area contributed by atoms with E-state index in [0.717, 1.165) is 29.5 Å². The molecule has 0 heterocycles. The summed E-state index contributed by atoms with van der Waals surface area (Å²) < 4.78 is 5.73. The molecule has 0 saturated heterocycles. The molecule has 34 heavy (non-hydrogen) atoms. The molecule has 4 aromatic carbocycles. The van der Waals surface area contributed by atoms with Crippen molar-refractivity contribution in [3.8, 4) is 16.9 Å². The molecule has 170 valence electrons. The molecule has 0 fully saturated rings. The Bertz CT molecular complexity index is 1290. The minimum Gasteiger partial charge on any atom is -0.496 e. The number of carbonyl (C=O) groups is 1. The van der Waals surface area contributed by atoms with Gasteiger partial charge in [-0.15, -0.1) is 0 Å². The molecular weight excluding hydrogens is 418 g/mol. The van der Waals surface area contributed by atoms with Crippen LogP contribution < -0.4 is 4.74 Å². The van der Waals surface area contributed by atoms with Gasteiger partial charge in [-0.05, 0) is 53.6 Å². The second-order valence-corrected chi connectivity index (χ2v) is 9.00. The average Bonchev–Trinajstić information content (AvgIpc) is 3.31. The molecule has 0 spiro atoms. The van der Waals surface area contributed by atoms with E-state index >= 15 is 0 Å². The highest BCUT2D eigenvalue weighted by Crippen LogP contribution is 2.35. The minimum absolute atomic E-state index is 0.00983. The van der Waals surface area contributed by atoms with Gasteiger partial charge in [0.1, 0.15) is 5.75 Å². The number of benzene rings is 4. The lowest BCUT2D eigenvalue weighted by atomic mass is 9.96. The second kappa shape index (κ2) is 9.56. The maximum atomic E-state index is 14.4. The lowest BCUT2D eigenvalue weighted by Crippen LogP contribution is -2.40. The van der Waals surface area contributed by atoms with Crippen LogP contribution in [0.15, 0.2) is 97.1 Å². The van der Waals surface area contributed by atoms with Crippen LogP contribution in [0.3, 0.4) is 0 Å². The minimum atomic E-state index is 0.00983. The van der Waals surface area contributed by atoms with Gasteiger partial charge in [-0.3, -0.25) is 4.79 Å². The van der Waals surface area contributed by atoms with Crippen LogP contribution in [0.4, 0.5) is 0 Å². The first-order valence-electron chi connectivity index (χ1n) is 11.8. The number of aryl methyl sites for hydroxylation is 1. The Morgan fingerprint density at radius 2 is 1.53 bits per heavy atom. The lowest BCUT2D eigenvalue weighted by molar-refractivity contribution is 0.0665. The fourth-order valence-electron chi connectivity index (χ4n) is 5.05. The van der Waals surface area contributed by atoms with Crippen LogP contribution >= 0.6 is 0 Å². The van der Waals surface area contributed by atoms with E-state index in [0.29, 0.717) is 17.9 Å². The number of ether oxygens (including phenoxy) is 1. The van der Waals surface area contributed by atoms with E-state index in [1.165, 1.54) is 16.7 Å². The van der Waals surface area contributed by atoms with Crippen LogP contribution in [0.25, 0.3) is 11.1 Å². The van der Waals surface area contributed by atoms with Crippen molar-refractivity contribution in [1.82, 2.24) is 4.90 Å². The van der Waals surface area contributed by atoms with E-state index in [9.17, 15) is 4.79 Å². The zero-order chi connectivity index (χ0) is 23.5. The Morgan fingerprint density at radius 1 is 0.853 bits per heavy atom. The van der Waals surface area contributed by atoms with Crippen molar-refractivity contribution in [2.75, 3.05) is 7.11 Å². The van der Waals surface area contributed by atoms with Gasteiger partial charge < -0.3 is 9.64 Å². The quantitative estimate of drug-likeness (QED) is 0.339. The molecule has 1 aliphatic rings. The van der Waals surface area contributed by atoms with Crippen LogP contribution in [0.1, 0.15) is 32.6 Å². The Hall–Kier alpha value is -3.85. The zero-order valence-corrected chi connectivity index (χ0v) is 19.7. The summed E-state index contributed by atoms with van der Waals surface area (Å²) in [5.74, 6) is 0.617. The highest BCUT2D eigenvalue weighted by Gasteiger charge is 2.33. The van der Waals surface area contributed by atoms with E-state index in [-0.39, 0.29) is 11.9 Å². The Labute approximate surface area is 201 Å². The Kier molecular flexibility index (Phi) is 6.18. The number of methoxy groups -OCH3 is 1. The predicted molar refractivity (Wildman–Crippen MR) is 137 cm³/mol. The summed E-state index contributed by atoms with van der Waals surface area (Å²) in [7, 11) is 1.64. The molecule has 0 aliphatic heterocycles. The van der Waals surface area contributed by atoms with Gasteiger partial charge in [0.2, 0.25) is 0 Å². The van der Waals surface area contributed by atoms with Crippen LogP contribution in [-0.2, 0) is 19.4 Å². The first-order valence-corrected chi connectivity index (χ1v) is 11.8. The number of fused-ring (bicyclic) bond motifs is 1. The van der Waals surface area contributed by atoms with Crippen molar-refractivity contribution >= 4 is 5.91 Å². The van der Waals surface area contributed by atoms with Crippen molar-refractivity contribution < 1.29 is 9.53 Å². The monoisotopic (exact) mass is 447 g/mol. The van der Waals surface area contributed by atoms with Gasteiger partial charge in [0.05, 0.1) is 12.7 Å². The number of amides is 1. The summed E-state index contributed by atoms with van der Waals surface area (Å²) in [6, 6.07) is 33.0. The van der Waals surface area contributed by atoms with E-state index in [1.54, 1.807) is 7.11 Å². The van der Waals surface area contributed by atoms with Gasteiger partial charge in [0.15, 0.2) is 0 Å². The summed E-state index contributed by atoms with van der Waals surface area (Å²) in [4.78, 5) is 16.4. The number of rotatable bonds is 6. The van der Waals surface area contributed by atoms with Crippen molar-refractivity contribution in [2.45, 2.75) is 32.4 Å². The normalized spacial score (nSPS) is 12.9. The number of carbonyl (C=O) groups excluding carboxylic acids is 1. The highest BCUT2D eigenvalue weighted by molar-refractivity contribution is 6.03. The first kappa shape index (κ1) is 22.0. The zero-order valence-electron chi connectivity index (χ0n) is 19.7. The molecule has 0 aromatic heterocycles. The van der Waals surface area contributed by atoms with Gasteiger partial charge in [-0.1, -0.05) is 96.6 Å². The van der Waals surface area contributed by atoms with Crippen molar-refractivity contribution in [3.05, 3.63) is 125 Å². The molecule has 0 saturated carbocycles. The molecule has 0 atom stereocenters. The van der Waals surface area contributed by atoms with Crippen LogP contribution in [-0.4, -0.2) is 24.0 Å². The molecular formula is C31H29NO2. The van der Waals surface area contributed by atoms with Crippen LogP contribution in [0.5, 0.6) is 5.75 Å². The van der Waals surface area contributed by atoms with Gasteiger partial charge in [0, 0.05) is 12.6 Å². The van der Waals surface area contributed by atoms with Gasteiger partial charge in [0.25, 0.3) is 5.91 Å². The number of hydrogen-bond donors (Lipinski definition) is 0. The summed E-state index contributed by atoms with van der Waals surface area (Å²) in [5.41, 5.74) is 7.53. The Morgan fingerprint density at radius 3 is 2.21 bits per heavy atom. The summed E-state index contributed by atoms with van der Waals surface area (Å²) in [6.45, 7) is 2.65. The number of nitrogens with zero attached hydrogens (tertiary/aromatic N) is 1. The van der Waals surface area contributed by atoms with Crippen LogP contribution in [0, 0.1) is 6.92 Å². The third kappa shape index (κ3) is 4.34. The molecule has 3 heteroatoms. The smallest absolute Gasteiger partial charge is 0.258 e. The molecule has 0 radical (unpaired) electrons. The fraction of sp³-hybridized carbons (Fsp3) is 0.194. The molecule has 1 aliphatic carbocycles. The van der Waals surface area contributed by atoms with E-state index in [2.05, 4.69) is 60.4 Å². The molecule has 5 rings (SSSR count). The molecule has 1 amide bonds. The van der Waals surface area contributed by atoms with Crippen molar-refractivity contribution in [3.63, 3.8) is 0 Å². The predicted octanol–water partition coefficient (Wildman–Crippen LogP) is 6.48. The molecule has 3 nitrogen and oxygen atoms in total. The van der Waals surface area contributed by atoms with Gasteiger partial charge in [-0.2, -0.15) is 0 Å². The maximum Gasteiger partial charge on any atom is 0.258 e. The Balaban J connectivity index is 1.59. The van der Waals surface area contributed by atoms with Crippen molar-refractivity contribution in [1.29, 1.82) is 0 Å².